The molecule has 4 heteroatoms. The molecule has 0 radical (unpaired) electrons. The van der Waals surface area contributed by atoms with Crippen LogP contribution in [0, 0.1) is 12.8 Å². The Morgan fingerprint density at radius 1 is 1.56 bits per heavy atom. The molecule has 0 spiro atoms. The fraction of sp³-hybridized carbons (Fsp3) is 0.417. The number of amides is 1. The van der Waals surface area contributed by atoms with Crippen LogP contribution in [0.4, 0.5) is 5.69 Å². The van der Waals surface area contributed by atoms with Crippen LogP contribution in [0.2, 0.25) is 0 Å². The number of benzene rings is 1. The minimum absolute atomic E-state index is 0.0149. The first-order valence-electron chi connectivity index (χ1n) is 5.34. The van der Waals surface area contributed by atoms with Crippen LogP contribution in [0.3, 0.4) is 0 Å². The fourth-order valence-corrected chi connectivity index (χ4v) is 2.06. The summed E-state index contributed by atoms with van der Waals surface area (Å²) in [6, 6.07) is 3.87. The van der Waals surface area contributed by atoms with E-state index in [9.17, 15) is 4.79 Å². The van der Waals surface area contributed by atoms with Crippen LogP contribution in [0.1, 0.15) is 11.1 Å². The molecule has 3 N–H and O–H groups in total. The van der Waals surface area contributed by atoms with Gasteiger partial charge in [-0.25, -0.2) is 0 Å². The molecule has 4 nitrogen and oxygen atoms in total. The van der Waals surface area contributed by atoms with Gasteiger partial charge in [0.25, 0.3) is 0 Å². The van der Waals surface area contributed by atoms with Crippen molar-refractivity contribution in [2.75, 3.05) is 19.0 Å². The van der Waals surface area contributed by atoms with Gasteiger partial charge in [0.15, 0.2) is 0 Å². The van der Waals surface area contributed by atoms with E-state index in [1.165, 1.54) is 0 Å². The maximum absolute atomic E-state index is 11.7. The molecule has 1 aromatic rings. The number of carbonyl (C=O) groups is 1. The molecule has 0 saturated heterocycles. The van der Waals surface area contributed by atoms with Crippen LogP contribution in [0.15, 0.2) is 12.1 Å². The third-order valence-electron chi connectivity index (χ3n) is 3.08. The largest absolute Gasteiger partial charge is 0.495 e. The van der Waals surface area contributed by atoms with E-state index in [0.29, 0.717) is 18.7 Å². The zero-order chi connectivity index (χ0) is 11.7. The molecule has 0 aromatic heterocycles. The van der Waals surface area contributed by atoms with Crippen LogP contribution in [0.5, 0.6) is 5.75 Å². The molecule has 1 heterocycles. The number of rotatable bonds is 2. The first-order valence-corrected chi connectivity index (χ1v) is 5.34. The third kappa shape index (κ3) is 1.65. The Morgan fingerprint density at radius 2 is 2.31 bits per heavy atom. The highest BCUT2D eigenvalue weighted by atomic mass is 16.5. The Labute approximate surface area is 94.8 Å². The zero-order valence-corrected chi connectivity index (χ0v) is 9.54. The topological polar surface area (TPSA) is 64.3 Å². The number of ether oxygens (including phenoxy) is 1. The summed E-state index contributed by atoms with van der Waals surface area (Å²) in [7, 11) is 1.60. The molecule has 1 amide bonds. The molecule has 1 aromatic carbocycles. The van der Waals surface area contributed by atoms with Gasteiger partial charge >= 0.3 is 0 Å². The molecule has 16 heavy (non-hydrogen) atoms. The summed E-state index contributed by atoms with van der Waals surface area (Å²) in [6.45, 7) is 2.41. The Kier molecular flexibility index (Phi) is 2.83. The van der Waals surface area contributed by atoms with Gasteiger partial charge in [0.05, 0.1) is 18.7 Å². The van der Waals surface area contributed by atoms with E-state index in [1.807, 2.05) is 19.1 Å². The lowest BCUT2D eigenvalue weighted by Crippen LogP contribution is -2.35. The van der Waals surface area contributed by atoms with Crippen LogP contribution >= 0.6 is 0 Å². The molecule has 0 saturated carbocycles. The maximum atomic E-state index is 11.7. The number of nitrogens with two attached hydrogens (primary N) is 1. The molecule has 2 rings (SSSR count). The summed E-state index contributed by atoms with van der Waals surface area (Å²) in [5.74, 6) is 0.571. The maximum Gasteiger partial charge on any atom is 0.229 e. The minimum Gasteiger partial charge on any atom is -0.495 e. The number of hydrogen-bond acceptors (Lipinski definition) is 3. The van der Waals surface area contributed by atoms with Gasteiger partial charge in [-0.05, 0) is 30.5 Å². The lowest BCUT2D eigenvalue weighted by molar-refractivity contribution is -0.119. The van der Waals surface area contributed by atoms with Crippen molar-refractivity contribution in [2.45, 2.75) is 13.3 Å². The Morgan fingerprint density at radius 3 is 2.94 bits per heavy atom. The molecule has 0 aliphatic carbocycles. The van der Waals surface area contributed by atoms with E-state index in [2.05, 4.69) is 5.32 Å². The molecular weight excluding hydrogens is 204 g/mol. The van der Waals surface area contributed by atoms with Crippen molar-refractivity contribution in [3.8, 4) is 5.75 Å². The van der Waals surface area contributed by atoms with Gasteiger partial charge in [0.1, 0.15) is 5.75 Å². The number of fused-ring (bicyclic) bond motifs is 1. The highest BCUT2D eigenvalue weighted by Gasteiger charge is 2.27. The third-order valence-corrected chi connectivity index (χ3v) is 3.08. The molecule has 1 atom stereocenters. The van der Waals surface area contributed by atoms with Crippen LogP contribution in [-0.4, -0.2) is 19.6 Å². The predicted octanol–water partition coefficient (Wildman–Crippen LogP) is 1.07. The summed E-state index contributed by atoms with van der Waals surface area (Å²) in [5.41, 5.74) is 8.68. The molecule has 1 aliphatic heterocycles. The van der Waals surface area contributed by atoms with Crippen LogP contribution < -0.4 is 15.8 Å². The Bertz CT molecular complexity index is 429. The van der Waals surface area contributed by atoms with Crippen LogP contribution in [-0.2, 0) is 11.2 Å². The Hall–Kier alpha value is -1.55. The van der Waals surface area contributed by atoms with Gasteiger partial charge < -0.3 is 15.8 Å². The SMILES string of the molecule is COc1ccc(C)c2c1NC(=O)C(CN)C2. The lowest BCUT2D eigenvalue weighted by Gasteiger charge is -2.26. The second kappa shape index (κ2) is 4.14. The normalized spacial score (nSPS) is 18.9. The first-order chi connectivity index (χ1) is 7.67. The fourth-order valence-electron chi connectivity index (χ4n) is 2.06. The van der Waals surface area contributed by atoms with Crippen molar-refractivity contribution >= 4 is 11.6 Å². The number of anilines is 1. The first kappa shape index (κ1) is 11.0. The van der Waals surface area contributed by atoms with Gasteiger partial charge in [-0.3, -0.25) is 4.79 Å². The molecular formula is C12H16N2O2. The van der Waals surface area contributed by atoms with Crippen LogP contribution in [0.25, 0.3) is 0 Å². The monoisotopic (exact) mass is 220 g/mol. The standard InChI is InChI=1S/C12H16N2O2/c1-7-3-4-10(16-2)11-9(7)5-8(6-13)12(15)14-11/h3-4,8H,5-6,13H2,1-2H3,(H,14,15). The van der Waals surface area contributed by atoms with E-state index in [4.69, 9.17) is 10.5 Å². The van der Waals surface area contributed by atoms with Gasteiger partial charge in [-0.15, -0.1) is 0 Å². The minimum atomic E-state index is -0.127. The number of carbonyl (C=O) groups excluding carboxylic acids is 1. The van der Waals surface area contributed by atoms with E-state index in [1.54, 1.807) is 7.11 Å². The number of nitrogens with one attached hydrogen (secondary N) is 1. The summed E-state index contributed by atoms with van der Waals surface area (Å²) in [5, 5.41) is 2.88. The summed E-state index contributed by atoms with van der Waals surface area (Å²) in [4.78, 5) is 11.7. The lowest BCUT2D eigenvalue weighted by atomic mass is 9.90. The highest BCUT2D eigenvalue weighted by molar-refractivity contribution is 5.97. The van der Waals surface area contributed by atoms with Gasteiger partial charge in [-0.2, -0.15) is 0 Å². The molecule has 0 fully saturated rings. The average Bonchev–Trinajstić information content (AvgIpc) is 2.29. The van der Waals surface area contributed by atoms with Crippen molar-refractivity contribution in [1.82, 2.24) is 0 Å². The van der Waals surface area contributed by atoms with E-state index in [0.717, 1.165) is 16.8 Å². The zero-order valence-electron chi connectivity index (χ0n) is 9.54. The number of hydrogen-bond donors (Lipinski definition) is 2. The summed E-state index contributed by atoms with van der Waals surface area (Å²) in [6.07, 6.45) is 0.695. The van der Waals surface area contributed by atoms with Crippen molar-refractivity contribution < 1.29 is 9.53 Å². The second-order valence-electron chi connectivity index (χ2n) is 4.06. The van der Waals surface area contributed by atoms with E-state index >= 15 is 0 Å². The quantitative estimate of drug-likeness (QED) is 0.783. The van der Waals surface area contributed by atoms with Gasteiger partial charge in [-0.1, -0.05) is 6.07 Å². The molecule has 0 bridgehead atoms. The van der Waals surface area contributed by atoms with Gasteiger partial charge in [0.2, 0.25) is 5.91 Å². The number of aryl methyl sites for hydroxylation is 1. The predicted molar refractivity (Wildman–Crippen MR) is 62.6 cm³/mol. The van der Waals surface area contributed by atoms with E-state index < -0.39 is 0 Å². The van der Waals surface area contributed by atoms with Crippen molar-refractivity contribution in [3.63, 3.8) is 0 Å². The number of methoxy groups -OCH3 is 1. The molecule has 1 unspecified atom stereocenters. The second-order valence-corrected chi connectivity index (χ2v) is 4.06. The Balaban J connectivity index is 2.48. The average molecular weight is 220 g/mol. The van der Waals surface area contributed by atoms with Crippen molar-refractivity contribution in [3.05, 3.63) is 23.3 Å². The van der Waals surface area contributed by atoms with Crippen molar-refractivity contribution in [1.29, 1.82) is 0 Å². The molecule has 1 aliphatic rings. The summed E-state index contributed by atoms with van der Waals surface area (Å²) < 4.78 is 5.24. The smallest absolute Gasteiger partial charge is 0.229 e. The van der Waals surface area contributed by atoms with E-state index in [-0.39, 0.29) is 11.8 Å². The van der Waals surface area contributed by atoms with Crippen molar-refractivity contribution in [2.24, 2.45) is 11.7 Å². The summed E-state index contributed by atoms with van der Waals surface area (Å²) >= 11 is 0. The molecule has 86 valence electrons. The highest BCUT2D eigenvalue weighted by Crippen LogP contribution is 2.35. The van der Waals surface area contributed by atoms with Gasteiger partial charge in [0, 0.05) is 6.54 Å².